The van der Waals surface area contributed by atoms with Gasteiger partial charge in [-0.15, -0.1) is 0 Å². The average Bonchev–Trinajstić information content (AvgIpc) is 3.35. The molecule has 1 atom stereocenters. The molecule has 0 aromatic heterocycles. The van der Waals surface area contributed by atoms with Crippen molar-refractivity contribution in [3.63, 3.8) is 0 Å². The van der Waals surface area contributed by atoms with Gasteiger partial charge in [-0.25, -0.2) is 4.79 Å². The van der Waals surface area contributed by atoms with Gasteiger partial charge in [-0.2, -0.15) is 0 Å². The molecule has 2 aromatic rings. The monoisotopic (exact) mass is 681 g/mol. The lowest BCUT2D eigenvalue weighted by atomic mass is 9.98. The number of ether oxygens (including phenoxy) is 3. The van der Waals surface area contributed by atoms with Crippen LogP contribution in [0.3, 0.4) is 0 Å². The van der Waals surface area contributed by atoms with Crippen LogP contribution >= 0.6 is 11.8 Å². The van der Waals surface area contributed by atoms with E-state index in [1.807, 2.05) is 42.5 Å². The molecule has 0 bridgehead atoms. The van der Waals surface area contributed by atoms with Gasteiger partial charge in [0.2, 0.25) is 0 Å². The van der Waals surface area contributed by atoms with Gasteiger partial charge in [0, 0.05) is 26.2 Å². The summed E-state index contributed by atoms with van der Waals surface area (Å²) in [5, 5.41) is 2.65. The zero-order valence-electron chi connectivity index (χ0n) is 28.4. The number of benzene rings is 2. The molecule has 0 spiro atoms. The molecule has 1 amide bonds. The summed E-state index contributed by atoms with van der Waals surface area (Å²) in [5.41, 5.74) is 4.44. The Kier molecular flexibility index (Phi) is 16.3. The number of carbonyl (C=O) groups is 4. The quantitative estimate of drug-likeness (QED) is 0.0489. The summed E-state index contributed by atoms with van der Waals surface area (Å²) in [5.74, 6) is -0.645. The number of fused-ring (bicyclic) bond motifs is 3. The van der Waals surface area contributed by atoms with E-state index in [1.54, 1.807) is 6.08 Å². The van der Waals surface area contributed by atoms with Crippen molar-refractivity contribution >= 4 is 43.0 Å². The van der Waals surface area contributed by atoms with Gasteiger partial charge in [0.25, 0.3) is 0 Å². The molecule has 0 radical (unpaired) electrons. The Hall–Kier alpha value is -3.37. The molecule has 3 rings (SSSR count). The molecule has 47 heavy (non-hydrogen) atoms. The van der Waals surface area contributed by atoms with Crippen molar-refractivity contribution in [1.29, 1.82) is 0 Å². The van der Waals surface area contributed by atoms with Crippen molar-refractivity contribution in [2.45, 2.75) is 96.0 Å². The highest BCUT2D eigenvalue weighted by Gasteiger charge is 2.29. The number of carbonyl (C=O) groups excluding carboxylic acids is 4. The van der Waals surface area contributed by atoms with Gasteiger partial charge in [0.1, 0.15) is 19.3 Å². The summed E-state index contributed by atoms with van der Waals surface area (Å²) in [7, 11) is -1.38. The standard InChI is InChI=1S/C37H51NO7SSi/c1-5-6-7-8-9-21-36(41)46-23-15-14-16-28(25-34(39)43-22-24-47(2,3)4)45-35(40)26-38-37(42)44-27-33-31-19-12-10-17-29(31)30-18-11-13-20-32(30)33/h10-14,16-20,28,33H,5-9,15,21-27H2,1-4H3,(H,38,42)/b16-14+/t28-/m1/s1. The molecule has 0 saturated carbocycles. The van der Waals surface area contributed by atoms with Crippen LogP contribution in [0.4, 0.5) is 4.79 Å². The number of esters is 2. The van der Waals surface area contributed by atoms with Crippen LogP contribution in [0.15, 0.2) is 60.7 Å². The summed E-state index contributed by atoms with van der Waals surface area (Å²) >= 11 is 1.30. The minimum absolute atomic E-state index is 0.0965. The fourth-order valence-electron chi connectivity index (χ4n) is 5.28. The Morgan fingerprint density at radius 2 is 1.55 bits per heavy atom. The first-order chi connectivity index (χ1) is 22.6. The molecule has 0 heterocycles. The molecule has 1 aliphatic rings. The predicted octanol–water partition coefficient (Wildman–Crippen LogP) is 8.28. The molecule has 0 unspecified atom stereocenters. The lowest BCUT2D eigenvalue weighted by molar-refractivity contribution is -0.151. The Morgan fingerprint density at radius 1 is 0.894 bits per heavy atom. The summed E-state index contributed by atoms with van der Waals surface area (Å²) < 4.78 is 16.5. The van der Waals surface area contributed by atoms with Crippen molar-refractivity contribution in [2.24, 2.45) is 0 Å². The summed E-state index contributed by atoms with van der Waals surface area (Å²) in [4.78, 5) is 49.9. The molecule has 10 heteroatoms. The van der Waals surface area contributed by atoms with E-state index in [9.17, 15) is 19.2 Å². The fourth-order valence-corrected chi connectivity index (χ4v) is 6.77. The van der Waals surface area contributed by atoms with Crippen molar-refractivity contribution in [3.8, 4) is 11.1 Å². The van der Waals surface area contributed by atoms with E-state index in [1.165, 1.54) is 31.0 Å². The molecule has 1 aliphatic carbocycles. The zero-order valence-corrected chi connectivity index (χ0v) is 30.2. The van der Waals surface area contributed by atoms with Gasteiger partial charge < -0.3 is 19.5 Å². The average molecular weight is 682 g/mol. The zero-order chi connectivity index (χ0) is 34.1. The van der Waals surface area contributed by atoms with Crippen molar-refractivity contribution in [3.05, 3.63) is 71.8 Å². The Bertz CT molecular complexity index is 1310. The second-order valence-corrected chi connectivity index (χ2v) is 19.8. The highest BCUT2D eigenvalue weighted by Crippen LogP contribution is 2.44. The lowest BCUT2D eigenvalue weighted by Gasteiger charge is -2.17. The van der Waals surface area contributed by atoms with Crippen LogP contribution in [-0.4, -0.2) is 62.8 Å². The van der Waals surface area contributed by atoms with E-state index < -0.39 is 38.8 Å². The first kappa shape index (κ1) is 38.1. The van der Waals surface area contributed by atoms with Gasteiger partial charge in [0.05, 0.1) is 13.0 Å². The number of hydrogen-bond donors (Lipinski definition) is 1. The number of nitrogens with one attached hydrogen (secondary N) is 1. The third-order valence-corrected chi connectivity index (χ3v) is 10.5. The van der Waals surface area contributed by atoms with E-state index in [0.717, 1.165) is 41.1 Å². The lowest BCUT2D eigenvalue weighted by Crippen LogP contribution is -2.34. The third kappa shape index (κ3) is 14.1. The van der Waals surface area contributed by atoms with Crippen molar-refractivity contribution in [1.82, 2.24) is 5.32 Å². The van der Waals surface area contributed by atoms with E-state index in [4.69, 9.17) is 14.2 Å². The van der Waals surface area contributed by atoms with Gasteiger partial charge in [-0.1, -0.05) is 119 Å². The van der Waals surface area contributed by atoms with Crippen LogP contribution in [0.5, 0.6) is 0 Å². The number of thioether (sulfide) groups is 1. The largest absolute Gasteiger partial charge is 0.466 e. The number of allylic oxidation sites excluding steroid dienone is 1. The van der Waals surface area contributed by atoms with Crippen LogP contribution in [0.25, 0.3) is 11.1 Å². The van der Waals surface area contributed by atoms with Crippen LogP contribution < -0.4 is 5.32 Å². The molecule has 2 aromatic carbocycles. The number of alkyl carbamates (subject to hydrolysis) is 1. The normalized spacial score (nSPS) is 13.1. The van der Waals surface area contributed by atoms with E-state index in [0.29, 0.717) is 25.2 Å². The number of amides is 1. The Labute approximate surface area is 285 Å². The topological polar surface area (TPSA) is 108 Å². The first-order valence-electron chi connectivity index (χ1n) is 16.8. The van der Waals surface area contributed by atoms with Crippen LogP contribution in [0, 0.1) is 0 Å². The van der Waals surface area contributed by atoms with E-state index in [2.05, 4.69) is 44.0 Å². The number of unbranched alkanes of at least 4 members (excludes halogenated alkanes) is 4. The van der Waals surface area contributed by atoms with Gasteiger partial charge in [-0.05, 0) is 47.2 Å². The van der Waals surface area contributed by atoms with E-state index in [-0.39, 0.29) is 24.1 Å². The molecular formula is C37H51NO7SSi. The molecule has 0 fully saturated rings. The van der Waals surface area contributed by atoms with Crippen LogP contribution in [-0.2, 0) is 28.6 Å². The van der Waals surface area contributed by atoms with E-state index >= 15 is 0 Å². The fraction of sp³-hybridized carbons (Fsp3) is 0.514. The molecule has 0 saturated heterocycles. The highest BCUT2D eigenvalue weighted by molar-refractivity contribution is 8.13. The first-order valence-corrected chi connectivity index (χ1v) is 21.5. The second kappa shape index (κ2) is 20.1. The Balaban J connectivity index is 1.46. The maximum absolute atomic E-state index is 12.7. The maximum Gasteiger partial charge on any atom is 0.407 e. The number of hydrogen-bond acceptors (Lipinski definition) is 8. The maximum atomic E-state index is 12.7. The minimum atomic E-state index is -1.38. The molecule has 1 N–H and O–H groups in total. The SMILES string of the molecule is CCCCCCCC(=O)SCC/C=C/[C@H](CC(=O)OCC[Si](C)(C)C)OC(=O)CNC(=O)OCC1c2ccccc2-c2ccccc21. The van der Waals surface area contributed by atoms with Gasteiger partial charge in [0.15, 0.2) is 5.12 Å². The molecule has 0 aliphatic heterocycles. The molecular weight excluding hydrogens is 631 g/mol. The third-order valence-electron chi connectivity index (χ3n) is 7.87. The molecule has 8 nitrogen and oxygen atoms in total. The van der Waals surface area contributed by atoms with Crippen LogP contribution in [0.1, 0.15) is 75.3 Å². The van der Waals surface area contributed by atoms with Gasteiger partial charge >= 0.3 is 18.0 Å². The van der Waals surface area contributed by atoms with Crippen molar-refractivity contribution < 1.29 is 33.4 Å². The van der Waals surface area contributed by atoms with Gasteiger partial charge in [-0.3, -0.25) is 14.4 Å². The highest BCUT2D eigenvalue weighted by atomic mass is 32.2. The second-order valence-electron chi connectivity index (χ2n) is 13.0. The summed E-state index contributed by atoms with van der Waals surface area (Å²) in [6.07, 6.45) is 8.46. The summed E-state index contributed by atoms with van der Waals surface area (Å²) in [6, 6.07) is 17.0. The predicted molar refractivity (Wildman–Crippen MR) is 191 cm³/mol. The van der Waals surface area contributed by atoms with Crippen LogP contribution in [0.2, 0.25) is 25.7 Å². The summed E-state index contributed by atoms with van der Waals surface area (Å²) in [6.45, 7) is 8.82. The smallest absolute Gasteiger partial charge is 0.407 e. The molecule has 256 valence electrons. The Morgan fingerprint density at radius 3 is 2.21 bits per heavy atom. The van der Waals surface area contributed by atoms with Crippen molar-refractivity contribution in [2.75, 3.05) is 25.5 Å². The minimum Gasteiger partial charge on any atom is -0.466 e. The number of rotatable bonds is 20.